The van der Waals surface area contributed by atoms with Crippen LogP contribution in [0.15, 0.2) is 78.0 Å². The van der Waals surface area contributed by atoms with E-state index in [0.717, 1.165) is 16.7 Å². The highest BCUT2D eigenvalue weighted by Gasteiger charge is 2.15. The molecule has 5 nitrogen and oxygen atoms in total. The number of nitrogens with zero attached hydrogens (tertiary/aromatic N) is 1. The maximum atomic E-state index is 5.88. The molecule has 0 aliphatic heterocycles. The second kappa shape index (κ2) is 9.46. The average molecular weight is 377 g/mol. The number of benzene rings is 3. The first kappa shape index (κ1) is 19.3. The van der Waals surface area contributed by atoms with Crippen LogP contribution in [0.1, 0.15) is 22.8 Å². The predicted molar refractivity (Wildman–Crippen MR) is 110 cm³/mol. The van der Waals surface area contributed by atoms with Crippen LogP contribution in [-0.4, -0.2) is 27.5 Å². The molecule has 144 valence electrons. The van der Waals surface area contributed by atoms with E-state index in [0.29, 0.717) is 17.2 Å². The van der Waals surface area contributed by atoms with Gasteiger partial charge in [-0.25, -0.2) is 0 Å². The molecular weight excluding hydrogens is 354 g/mol. The monoisotopic (exact) mass is 377 g/mol. The Balaban J connectivity index is 1.87. The lowest BCUT2D eigenvalue weighted by Crippen LogP contribution is -2.03. The Morgan fingerprint density at radius 3 is 1.64 bits per heavy atom. The van der Waals surface area contributed by atoms with E-state index in [2.05, 4.69) is 5.16 Å². The van der Waals surface area contributed by atoms with E-state index in [4.69, 9.17) is 19.0 Å². The molecule has 0 saturated heterocycles. The SMILES string of the molecule is COc1cc(/C=N/OC(c2ccccc2)c2ccccc2)cc(OC)c1OC. The van der Waals surface area contributed by atoms with Crippen molar-refractivity contribution in [3.63, 3.8) is 0 Å². The predicted octanol–water partition coefficient (Wildman–Crippen LogP) is 4.85. The minimum absolute atomic E-state index is 0.305. The lowest BCUT2D eigenvalue weighted by Gasteiger charge is -2.16. The Kier molecular flexibility index (Phi) is 6.52. The van der Waals surface area contributed by atoms with Gasteiger partial charge >= 0.3 is 0 Å². The minimum atomic E-state index is -0.305. The summed E-state index contributed by atoms with van der Waals surface area (Å²) in [6, 6.07) is 23.6. The summed E-state index contributed by atoms with van der Waals surface area (Å²) in [6.07, 6.45) is 1.32. The first-order valence-electron chi connectivity index (χ1n) is 8.86. The third kappa shape index (κ3) is 4.43. The third-order valence-electron chi connectivity index (χ3n) is 4.26. The molecule has 5 heteroatoms. The molecule has 3 rings (SSSR count). The van der Waals surface area contributed by atoms with E-state index in [-0.39, 0.29) is 6.10 Å². The maximum Gasteiger partial charge on any atom is 0.203 e. The molecule has 0 radical (unpaired) electrons. The molecule has 0 aliphatic carbocycles. The van der Waals surface area contributed by atoms with Crippen LogP contribution in [0.5, 0.6) is 17.2 Å². The highest BCUT2D eigenvalue weighted by atomic mass is 16.6. The number of methoxy groups -OCH3 is 3. The molecule has 0 aromatic heterocycles. The third-order valence-corrected chi connectivity index (χ3v) is 4.26. The van der Waals surface area contributed by atoms with Crippen LogP contribution in [0.3, 0.4) is 0 Å². The van der Waals surface area contributed by atoms with Crippen molar-refractivity contribution < 1.29 is 19.0 Å². The van der Waals surface area contributed by atoms with Crippen molar-refractivity contribution in [2.24, 2.45) is 5.16 Å². The van der Waals surface area contributed by atoms with Gasteiger partial charge in [-0.3, -0.25) is 0 Å². The largest absolute Gasteiger partial charge is 0.493 e. The molecule has 0 spiro atoms. The van der Waals surface area contributed by atoms with Gasteiger partial charge in [-0.05, 0) is 23.3 Å². The minimum Gasteiger partial charge on any atom is -0.493 e. The van der Waals surface area contributed by atoms with Gasteiger partial charge in [0, 0.05) is 5.56 Å². The summed E-state index contributed by atoms with van der Waals surface area (Å²) < 4.78 is 16.1. The number of ether oxygens (including phenoxy) is 3. The van der Waals surface area contributed by atoms with Crippen molar-refractivity contribution in [2.45, 2.75) is 6.10 Å². The van der Waals surface area contributed by atoms with Gasteiger partial charge in [-0.1, -0.05) is 65.8 Å². The van der Waals surface area contributed by atoms with Gasteiger partial charge in [0.25, 0.3) is 0 Å². The highest BCUT2D eigenvalue weighted by Crippen LogP contribution is 2.37. The summed E-state index contributed by atoms with van der Waals surface area (Å²) in [5.41, 5.74) is 2.82. The van der Waals surface area contributed by atoms with Crippen molar-refractivity contribution >= 4 is 6.21 Å². The smallest absolute Gasteiger partial charge is 0.203 e. The molecule has 0 aliphatic rings. The quantitative estimate of drug-likeness (QED) is 0.416. The molecule has 0 saturated carbocycles. The van der Waals surface area contributed by atoms with E-state index < -0.39 is 0 Å². The molecule has 3 aromatic rings. The maximum absolute atomic E-state index is 5.88. The Bertz CT molecular complexity index is 846. The molecule has 0 heterocycles. The van der Waals surface area contributed by atoms with Gasteiger partial charge in [0.2, 0.25) is 5.75 Å². The van der Waals surface area contributed by atoms with Crippen LogP contribution >= 0.6 is 0 Å². The molecule has 28 heavy (non-hydrogen) atoms. The van der Waals surface area contributed by atoms with E-state index in [1.54, 1.807) is 27.5 Å². The van der Waals surface area contributed by atoms with Gasteiger partial charge in [0.05, 0.1) is 27.5 Å². The second-order valence-electron chi connectivity index (χ2n) is 6.00. The van der Waals surface area contributed by atoms with Crippen LogP contribution < -0.4 is 14.2 Å². The van der Waals surface area contributed by atoms with Crippen LogP contribution in [0.25, 0.3) is 0 Å². The summed E-state index contributed by atoms with van der Waals surface area (Å²) in [6.45, 7) is 0. The van der Waals surface area contributed by atoms with E-state index in [1.165, 1.54) is 0 Å². The Morgan fingerprint density at radius 1 is 0.714 bits per heavy atom. The molecule has 3 aromatic carbocycles. The summed E-state index contributed by atoms with van der Waals surface area (Å²) in [7, 11) is 4.73. The molecule has 0 bridgehead atoms. The summed E-state index contributed by atoms with van der Waals surface area (Å²) >= 11 is 0. The highest BCUT2D eigenvalue weighted by molar-refractivity contribution is 5.82. The van der Waals surface area contributed by atoms with Crippen LogP contribution in [0, 0.1) is 0 Å². The average Bonchev–Trinajstić information content (AvgIpc) is 2.77. The fourth-order valence-electron chi connectivity index (χ4n) is 2.90. The van der Waals surface area contributed by atoms with Crippen molar-refractivity contribution in [1.82, 2.24) is 0 Å². The standard InChI is InChI=1S/C23H23NO4/c1-25-20-14-17(15-21(26-2)23(20)27-3)16-24-28-22(18-10-6-4-7-11-18)19-12-8-5-9-13-19/h4-16,22H,1-3H3/b24-16+. The number of hydrogen-bond acceptors (Lipinski definition) is 5. The number of hydrogen-bond donors (Lipinski definition) is 0. The normalized spacial score (nSPS) is 10.9. The molecule has 0 N–H and O–H groups in total. The zero-order chi connectivity index (χ0) is 19.8. The lowest BCUT2D eigenvalue weighted by molar-refractivity contribution is 0.0888. The van der Waals surface area contributed by atoms with Gasteiger partial charge in [0.1, 0.15) is 0 Å². The summed E-state index contributed by atoms with van der Waals surface area (Å²) in [5, 5.41) is 4.22. The van der Waals surface area contributed by atoms with Crippen molar-refractivity contribution in [3.05, 3.63) is 89.5 Å². The fraction of sp³-hybridized carbons (Fsp3) is 0.174. The van der Waals surface area contributed by atoms with Gasteiger partial charge in [-0.15, -0.1) is 0 Å². The summed E-state index contributed by atoms with van der Waals surface area (Å²) in [4.78, 5) is 5.88. The number of oxime groups is 1. The van der Waals surface area contributed by atoms with E-state index in [9.17, 15) is 0 Å². The molecule has 0 amide bonds. The zero-order valence-electron chi connectivity index (χ0n) is 16.2. The van der Waals surface area contributed by atoms with Crippen molar-refractivity contribution in [1.29, 1.82) is 0 Å². The van der Waals surface area contributed by atoms with Gasteiger partial charge in [0.15, 0.2) is 17.6 Å². The topological polar surface area (TPSA) is 49.3 Å². The van der Waals surface area contributed by atoms with Crippen LogP contribution in [0.2, 0.25) is 0 Å². The lowest BCUT2D eigenvalue weighted by atomic mass is 10.0. The second-order valence-corrected chi connectivity index (χ2v) is 6.00. The van der Waals surface area contributed by atoms with Crippen molar-refractivity contribution in [2.75, 3.05) is 21.3 Å². The van der Waals surface area contributed by atoms with Gasteiger partial charge < -0.3 is 19.0 Å². The molecular formula is C23H23NO4. The van der Waals surface area contributed by atoms with E-state index in [1.807, 2.05) is 72.8 Å². The van der Waals surface area contributed by atoms with Crippen LogP contribution in [0.4, 0.5) is 0 Å². The van der Waals surface area contributed by atoms with Crippen molar-refractivity contribution in [3.8, 4) is 17.2 Å². The van der Waals surface area contributed by atoms with Crippen LogP contribution in [-0.2, 0) is 4.84 Å². The molecule has 0 unspecified atom stereocenters. The van der Waals surface area contributed by atoms with E-state index >= 15 is 0 Å². The molecule has 0 fully saturated rings. The van der Waals surface area contributed by atoms with Gasteiger partial charge in [-0.2, -0.15) is 0 Å². The zero-order valence-corrected chi connectivity index (χ0v) is 16.2. The fourth-order valence-corrected chi connectivity index (χ4v) is 2.90. The Labute approximate surface area is 165 Å². The first-order chi connectivity index (χ1) is 13.8. The first-order valence-corrected chi connectivity index (χ1v) is 8.86. The number of rotatable bonds is 8. The summed E-state index contributed by atoms with van der Waals surface area (Å²) in [5.74, 6) is 1.66. The Hall–Kier alpha value is -3.47. The molecule has 0 atom stereocenters. The Morgan fingerprint density at radius 2 is 1.21 bits per heavy atom.